The zero-order valence-electron chi connectivity index (χ0n) is 14.2. The fourth-order valence-electron chi connectivity index (χ4n) is 2.75. The lowest BCUT2D eigenvalue weighted by Crippen LogP contribution is -2.36. The number of para-hydroxylation sites is 1. The van der Waals surface area contributed by atoms with Crippen LogP contribution in [0.5, 0.6) is 0 Å². The first-order valence-corrected chi connectivity index (χ1v) is 8.01. The van der Waals surface area contributed by atoms with E-state index >= 15 is 0 Å². The van der Waals surface area contributed by atoms with E-state index in [-0.39, 0.29) is 24.3 Å². The Hall–Kier alpha value is -2.80. The Balaban J connectivity index is 1.66. The molecular weight excluding hydrogens is 321 g/mol. The molecule has 0 aliphatic carbocycles. The number of aromatic nitrogens is 3. The molecule has 0 fully saturated rings. The monoisotopic (exact) mass is 341 g/mol. The highest BCUT2D eigenvalue weighted by Crippen LogP contribution is 2.18. The topological polar surface area (TPSA) is 63.1 Å². The first-order valence-electron chi connectivity index (χ1n) is 8.01. The van der Waals surface area contributed by atoms with Crippen LogP contribution in [0.2, 0.25) is 0 Å². The molecule has 1 heterocycles. The zero-order chi connectivity index (χ0) is 17.8. The Bertz CT molecular complexity index is 877. The molecule has 0 aliphatic heterocycles. The van der Waals surface area contributed by atoms with E-state index < -0.39 is 0 Å². The Morgan fingerprint density at radius 2 is 2.04 bits per heavy atom. The highest BCUT2D eigenvalue weighted by molar-refractivity contribution is 5.79. The van der Waals surface area contributed by atoms with Crippen molar-refractivity contribution in [3.8, 4) is 0 Å². The first-order chi connectivity index (χ1) is 12.0. The minimum atomic E-state index is -0.287. The summed E-state index contributed by atoms with van der Waals surface area (Å²) in [6.07, 6.45) is 0. The third kappa shape index (κ3) is 4.00. The number of fused-ring (bicyclic) bond motifs is 1. The van der Waals surface area contributed by atoms with Crippen LogP contribution in [0.15, 0.2) is 48.5 Å². The average Bonchev–Trinajstić information content (AvgIpc) is 2.98. The van der Waals surface area contributed by atoms with E-state index in [0.717, 1.165) is 16.6 Å². The number of halogens is 1. The lowest BCUT2D eigenvalue weighted by Gasteiger charge is -2.25. The average molecular weight is 341 g/mol. The van der Waals surface area contributed by atoms with Crippen molar-refractivity contribution < 1.29 is 9.18 Å². The van der Waals surface area contributed by atoms with Gasteiger partial charge in [-0.2, -0.15) is 0 Å². The third-order valence-corrected chi connectivity index (χ3v) is 4.06. The van der Waals surface area contributed by atoms with Gasteiger partial charge in [0.15, 0.2) is 0 Å². The normalized spacial score (nSPS) is 12.5. The van der Waals surface area contributed by atoms with Crippen LogP contribution < -0.4 is 5.32 Å². The smallest absolute Gasteiger partial charge is 0.241 e. The van der Waals surface area contributed by atoms with E-state index in [1.807, 2.05) is 49.3 Å². The van der Waals surface area contributed by atoms with Gasteiger partial charge in [0.05, 0.1) is 11.6 Å². The van der Waals surface area contributed by atoms with Crippen molar-refractivity contribution >= 4 is 16.9 Å². The Labute approximate surface area is 145 Å². The van der Waals surface area contributed by atoms with Crippen LogP contribution in [0, 0.1) is 5.82 Å². The largest absolute Gasteiger partial charge is 0.353 e. The predicted octanol–water partition coefficient (Wildman–Crippen LogP) is 1.99. The standard InChI is InChI=1S/C18H20FN5O/c1-23(2)17(13-6-5-7-14(19)10-13)11-20-18(25)12-24-16-9-4-3-8-15(16)21-22-24/h3-10,17H,11-12H2,1-2H3,(H,20,25). The van der Waals surface area contributed by atoms with E-state index in [1.165, 1.54) is 12.1 Å². The molecule has 1 atom stereocenters. The molecular formula is C18H20FN5O. The van der Waals surface area contributed by atoms with E-state index in [1.54, 1.807) is 10.7 Å². The number of nitrogens with zero attached hydrogens (tertiary/aromatic N) is 4. The Morgan fingerprint density at radius 3 is 2.80 bits per heavy atom. The van der Waals surface area contributed by atoms with Crippen LogP contribution in [0.25, 0.3) is 11.0 Å². The molecule has 3 aromatic rings. The lowest BCUT2D eigenvalue weighted by molar-refractivity contribution is -0.122. The summed E-state index contributed by atoms with van der Waals surface area (Å²) in [4.78, 5) is 14.2. The second kappa shape index (κ2) is 7.40. The minimum absolute atomic E-state index is 0.0871. The maximum absolute atomic E-state index is 13.5. The Kier molecular flexibility index (Phi) is 5.04. The summed E-state index contributed by atoms with van der Waals surface area (Å²) in [5.74, 6) is -0.455. The number of carbonyl (C=O) groups is 1. The zero-order valence-corrected chi connectivity index (χ0v) is 14.2. The predicted molar refractivity (Wildman–Crippen MR) is 93.4 cm³/mol. The van der Waals surface area contributed by atoms with Crippen molar-refractivity contribution in [1.29, 1.82) is 0 Å². The van der Waals surface area contributed by atoms with Crippen LogP contribution >= 0.6 is 0 Å². The van der Waals surface area contributed by atoms with E-state index in [9.17, 15) is 9.18 Å². The summed E-state index contributed by atoms with van der Waals surface area (Å²) in [7, 11) is 3.79. The molecule has 7 heteroatoms. The third-order valence-electron chi connectivity index (χ3n) is 4.06. The second-order valence-corrected chi connectivity index (χ2v) is 6.07. The second-order valence-electron chi connectivity index (χ2n) is 6.07. The number of amides is 1. The number of carbonyl (C=O) groups excluding carboxylic acids is 1. The van der Waals surface area contributed by atoms with E-state index in [2.05, 4.69) is 15.6 Å². The number of hydrogen-bond donors (Lipinski definition) is 1. The molecule has 1 amide bonds. The van der Waals surface area contributed by atoms with Gasteiger partial charge in [0.25, 0.3) is 0 Å². The van der Waals surface area contributed by atoms with Crippen molar-refractivity contribution in [3.63, 3.8) is 0 Å². The van der Waals surface area contributed by atoms with E-state index in [4.69, 9.17) is 0 Å². The molecule has 3 rings (SSSR count). The number of rotatable bonds is 6. The van der Waals surface area contributed by atoms with Gasteiger partial charge < -0.3 is 10.2 Å². The molecule has 25 heavy (non-hydrogen) atoms. The molecule has 0 spiro atoms. The van der Waals surface area contributed by atoms with Gasteiger partial charge in [-0.25, -0.2) is 9.07 Å². The lowest BCUT2D eigenvalue weighted by atomic mass is 10.1. The van der Waals surface area contributed by atoms with Gasteiger partial charge in [0, 0.05) is 6.54 Å². The molecule has 0 saturated heterocycles. The molecule has 0 radical (unpaired) electrons. The molecule has 0 aliphatic rings. The van der Waals surface area contributed by atoms with Crippen LogP contribution in [0.4, 0.5) is 4.39 Å². The van der Waals surface area contributed by atoms with Crippen LogP contribution in [0.3, 0.4) is 0 Å². The number of hydrogen-bond acceptors (Lipinski definition) is 4. The maximum Gasteiger partial charge on any atom is 0.241 e. The molecule has 0 bridgehead atoms. The van der Waals surface area contributed by atoms with Crippen LogP contribution in [-0.4, -0.2) is 46.4 Å². The SMILES string of the molecule is CN(C)C(CNC(=O)Cn1nnc2ccccc21)c1cccc(F)c1. The minimum Gasteiger partial charge on any atom is -0.353 e. The molecule has 1 aromatic heterocycles. The molecule has 6 nitrogen and oxygen atoms in total. The number of likely N-dealkylation sites (N-methyl/N-ethyl adjacent to an activating group) is 1. The maximum atomic E-state index is 13.5. The van der Waals surface area contributed by atoms with Gasteiger partial charge in [0.2, 0.25) is 5.91 Å². The summed E-state index contributed by atoms with van der Waals surface area (Å²) < 4.78 is 15.0. The van der Waals surface area contributed by atoms with Gasteiger partial charge >= 0.3 is 0 Å². The summed E-state index contributed by atoms with van der Waals surface area (Å²) in [5, 5.41) is 10.9. The van der Waals surface area contributed by atoms with Crippen molar-refractivity contribution in [2.75, 3.05) is 20.6 Å². The van der Waals surface area contributed by atoms with Crippen molar-refractivity contribution in [1.82, 2.24) is 25.2 Å². The molecule has 2 aromatic carbocycles. The fourth-order valence-corrected chi connectivity index (χ4v) is 2.75. The van der Waals surface area contributed by atoms with Gasteiger partial charge in [-0.1, -0.05) is 29.5 Å². The van der Waals surface area contributed by atoms with Gasteiger partial charge in [0.1, 0.15) is 17.9 Å². The van der Waals surface area contributed by atoms with Gasteiger partial charge in [-0.3, -0.25) is 4.79 Å². The fraction of sp³-hybridized carbons (Fsp3) is 0.278. The van der Waals surface area contributed by atoms with Crippen molar-refractivity contribution in [2.24, 2.45) is 0 Å². The molecule has 1 unspecified atom stereocenters. The summed E-state index contributed by atoms with van der Waals surface area (Å²) >= 11 is 0. The van der Waals surface area contributed by atoms with Crippen LogP contribution in [0.1, 0.15) is 11.6 Å². The number of benzene rings is 2. The molecule has 130 valence electrons. The Morgan fingerprint density at radius 1 is 1.24 bits per heavy atom. The quantitative estimate of drug-likeness (QED) is 0.745. The highest BCUT2D eigenvalue weighted by atomic mass is 19.1. The highest BCUT2D eigenvalue weighted by Gasteiger charge is 2.16. The number of nitrogens with one attached hydrogen (secondary N) is 1. The molecule has 1 N–H and O–H groups in total. The first kappa shape index (κ1) is 17.0. The van der Waals surface area contributed by atoms with Gasteiger partial charge in [-0.15, -0.1) is 5.10 Å². The summed E-state index contributed by atoms with van der Waals surface area (Å²) in [5.41, 5.74) is 2.38. The van der Waals surface area contributed by atoms with Crippen molar-refractivity contribution in [2.45, 2.75) is 12.6 Å². The molecule has 0 saturated carbocycles. The van der Waals surface area contributed by atoms with Gasteiger partial charge in [-0.05, 0) is 43.9 Å². The summed E-state index contributed by atoms with van der Waals surface area (Å²) in [6, 6.07) is 13.8. The summed E-state index contributed by atoms with van der Waals surface area (Å²) in [6.45, 7) is 0.464. The van der Waals surface area contributed by atoms with E-state index in [0.29, 0.717) is 6.54 Å². The van der Waals surface area contributed by atoms with Crippen LogP contribution in [-0.2, 0) is 11.3 Å². The van der Waals surface area contributed by atoms with Crippen molar-refractivity contribution in [3.05, 3.63) is 59.9 Å².